The van der Waals surface area contributed by atoms with Gasteiger partial charge in [-0.05, 0) is 49.4 Å². The number of thiophene rings is 1. The highest BCUT2D eigenvalue weighted by Gasteiger charge is 2.07. The Morgan fingerprint density at radius 2 is 1.46 bits per heavy atom. The van der Waals surface area contributed by atoms with Gasteiger partial charge in [0.1, 0.15) is 17.0 Å². The zero-order valence-electron chi connectivity index (χ0n) is 13.2. The van der Waals surface area contributed by atoms with E-state index in [1.165, 1.54) is 4.88 Å². The molecule has 0 aliphatic rings. The molecule has 0 fully saturated rings. The molecule has 0 saturated heterocycles. The number of hydrogen-bond donors (Lipinski definition) is 2. The van der Waals surface area contributed by atoms with Gasteiger partial charge in [0.15, 0.2) is 0 Å². The van der Waals surface area contributed by atoms with E-state index in [9.17, 15) is 0 Å². The third kappa shape index (κ3) is 3.07. The number of hydrogen-bond acceptors (Lipinski definition) is 5. The summed E-state index contributed by atoms with van der Waals surface area (Å²) in [5.41, 5.74) is 3.12. The Balaban J connectivity index is 1.54. The maximum atomic E-state index is 4.37. The molecule has 0 saturated carbocycles. The van der Waals surface area contributed by atoms with E-state index in [0.29, 0.717) is 0 Å². The zero-order valence-corrected chi connectivity index (χ0v) is 14.0. The van der Waals surface area contributed by atoms with Crippen LogP contribution in [0.3, 0.4) is 0 Å². The van der Waals surface area contributed by atoms with Crippen LogP contribution >= 0.6 is 11.3 Å². The highest BCUT2D eigenvalue weighted by atomic mass is 32.1. The Morgan fingerprint density at radius 1 is 0.792 bits per heavy atom. The van der Waals surface area contributed by atoms with Crippen LogP contribution in [0.5, 0.6) is 0 Å². The molecule has 2 aromatic heterocycles. The summed E-state index contributed by atoms with van der Waals surface area (Å²) in [6.07, 6.45) is 1.60. The summed E-state index contributed by atoms with van der Waals surface area (Å²) in [7, 11) is 0. The topological polar surface area (TPSA) is 49.8 Å². The van der Waals surface area contributed by atoms with Crippen LogP contribution in [0.2, 0.25) is 0 Å². The van der Waals surface area contributed by atoms with Gasteiger partial charge in [0.25, 0.3) is 0 Å². The number of nitrogens with zero attached hydrogens (tertiary/aromatic N) is 2. The minimum atomic E-state index is 0.841. The first kappa shape index (κ1) is 14.7. The monoisotopic (exact) mass is 332 g/mol. The van der Waals surface area contributed by atoms with E-state index in [0.717, 1.165) is 33.1 Å². The van der Waals surface area contributed by atoms with Gasteiger partial charge in [-0.25, -0.2) is 9.97 Å². The fourth-order valence-electron chi connectivity index (χ4n) is 2.54. The maximum Gasteiger partial charge on any atom is 0.142 e. The molecule has 0 unspecified atom stereocenters. The van der Waals surface area contributed by atoms with Crippen LogP contribution in [-0.2, 0) is 0 Å². The summed E-state index contributed by atoms with van der Waals surface area (Å²) in [4.78, 5) is 10.9. The van der Waals surface area contributed by atoms with Crippen molar-refractivity contribution in [3.05, 3.63) is 71.9 Å². The van der Waals surface area contributed by atoms with Crippen molar-refractivity contribution in [1.82, 2.24) is 9.97 Å². The van der Waals surface area contributed by atoms with Crippen molar-refractivity contribution in [3.8, 4) is 0 Å². The molecular weight excluding hydrogens is 316 g/mol. The molecule has 2 N–H and O–H groups in total. The lowest BCUT2D eigenvalue weighted by Gasteiger charge is -2.09. The maximum absolute atomic E-state index is 4.37. The van der Waals surface area contributed by atoms with Crippen molar-refractivity contribution < 1.29 is 0 Å². The number of aryl methyl sites for hydroxylation is 1. The van der Waals surface area contributed by atoms with E-state index >= 15 is 0 Å². The summed E-state index contributed by atoms with van der Waals surface area (Å²) >= 11 is 1.68. The second kappa shape index (κ2) is 6.29. The van der Waals surface area contributed by atoms with Crippen molar-refractivity contribution in [3.63, 3.8) is 0 Å². The van der Waals surface area contributed by atoms with Gasteiger partial charge in [0.2, 0.25) is 0 Å². The van der Waals surface area contributed by atoms with E-state index in [1.807, 2.05) is 54.6 Å². The number of anilines is 4. The highest BCUT2D eigenvalue weighted by Crippen LogP contribution is 2.29. The molecule has 24 heavy (non-hydrogen) atoms. The number of fused-ring (bicyclic) bond motifs is 1. The smallest absolute Gasteiger partial charge is 0.142 e. The lowest BCUT2D eigenvalue weighted by atomic mass is 10.2. The lowest BCUT2D eigenvalue weighted by molar-refractivity contribution is 1.23. The van der Waals surface area contributed by atoms with Crippen molar-refractivity contribution in [2.24, 2.45) is 0 Å². The van der Waals surface area contributed by atoms with Gasteiger partial charge in [-0.3, -0.25) is 0 Å². The normalized spacial score (nSPS) is 10.7. The Morgan fingerprint density at radius 3 is 2.21 bits per heavy atom. The molecule has 4 rings (SSSR count). The number of aromatic nitrogens is 2. The van der Waals surface area contributed by atoms with E-state index in [4.69, 9.17) is 0 Å². The molecule has 118 valence electrons. The second-order valence-electron chi connectivity index (χ2n) is 5.49. The second-order valence-corrected chi connectivity index (χ2v) is 6.73. The lowest BCUT2D eigenvalue weighted by Crippen LogP contribution is -1.95. The summed E-state index contributed by atoms with van der Waals surface area (Å²) in [6, 6.07) is 20.4. The van der Waals surface area contributed by atoms with Crippen LogP contribution in [-0.4, -0.2) is 9.97 Å². The Hall–Kier alpha value is -2.92. The minimum absolute atomic E-state index is 0.841. The predicted molar refractivity (Wildman–Crippen MR) is 102 cm³/mol. The van der Waals surface area contributed by atoms with Crippen LogP contribution in [0.15, 0.2) is 67.0 Å². The minimum Gasteiger partial charge on any atom is -0.356 e. The van der Waals surface area contributed by atoms with Crippen LogP contribution in [0.4, 0.5) is 22.9 Å². The first-order chi connectivity index (χ1) is 11.8. The van der Waals surface area contributed by atoms with Gasteiger partial charge in [-0.2, -0.15) is 0 Å². The molecule has 0 aliphatic heterocycles. The molecule has 0 amide bonds. The van der Waals surface area contributed by atoms with Crippen LogP contribution in [0.1, 0.15) is 4.88 Å². The van der Waals surface area contributed by atoms with Gasteiger partial charge in [-0.15, -0.1) is 11.3 Å². The first-order valence-corrected chi connectivity index (χ1v) is 8.50. The zero-order chi connectivity index (χ0) is 16.4. The quantitative estimate of drug-likeness (QED) is 0.519. The van der Waals surface area contributed by atoms with Crippen molar-refractivity contribution in [1.29, 1.82) is 0 Å². The summed E-state index contributed by atoms with van der Waals surface area (Å²) in [5.74, 6) is 0.841. The largest absolute Gasteiger partial charge is 0.356 e. The highest BCUT2D eigenvalue weighted by molar-refractivity contribution is 7.18. The first-order valence-electron chi connectivity index (χ1n) is 7.68. The molecule has 5 heteroatoms. The average Bonchev–Trinajstić information content (AvgIpc) is 2.99. The molecule has 0 spiro atoms. The molecule has 0 radical (unpaired) electrons. The molecule has 0 aliphatic carbocycles. The molecule has 2 aromatic carbocycles. The summed E-state index contributed by atoms with van der Waals surface area (Å²) in [6.45, 7) is 2.08. The Kier molecular flexibility index (Phi) is 3.84. The molecule has 4 aromatic rings. The van der Waals surface area contributed by atoms with Crippen LogP contribution in [0.25, 0.3) is 10.2 Å². The third-order valence-corrected chi connectivity index (χ3v) is 4.62. The third-order valence-electron chi connectivity index (χ3n) is 3.66. The molecule has 4 nitrogen and oxygen atoms in total. The van der Waals surface area contributed by atoms with E-state index < -0.39 is 0 Å². The Bertz CT molecular complexity index is 962. The predicted octanol–water partition coefficient (Wildman–Crippen LogP) is 5.49. The van der Waals surface area contributed by atoms with Crippen LogP contribution < -0.4 is 10.6 Å². The van der Waals surface area contributed by atoms with Crippen LogP contribution in [0, 0.1) is 6.92 Å². The fraction of sp³-hybridized carbons (Fsp3) is 0.0526. The standard InChI is InChI=1S/C19H16N4S/c1-13-11-17-18(20-12-21-19(17)24-13)23-16-9-7-15(8-10-16)22-14-5-3-2-4-6-14/h2-12,22H,1H3,(H,20,21,23). The molecular formula is C19H16N4S. The van der Waals surface area contributed by atoms with Gasteiger partial charge in [0, 0.05) is 21.9 Å². The summed E-state index contributed by atoms with van der Waals surface area (Å²) < 4.78 is 0. The fourth-order valence-corrected chi connectivity index (χ4v) is 3.38. The number of benzene rings is 2. The van der Waals surface area contributed by atoms with Gasteiger partial charge < -0.3 is 10.6 Å². The van der Waals surface area contributed by atoms with Crippen molar-refractivity contribution in [2.75, 3.05) is 10.6 Å². The number of para-hydroxylation sites is 1. The van der Waals surface area contributed by atoms with E-state index in [2.05, 4.69) is 33.6 Å². The van der Waals surface area contributed by atoms with Gasteiger partial charge in [-0.1, -0.05) is 18.2 Å². The Labute approximate surface area is 144 Å². The summed E-state index contributed by atoms with van der Waals surface area (Å²) in [5, 5.41) is 7.82. The van der Waals surface area contributed by atoms with Crippen molar-refractivity contribution >= 4 is 44.4 Å². The molecule has 0 bridgehead atoms. The molecule has 0 atom stereocenters. The van der Waals surface area contributed by atoms with E-state index in [-0.39, 0.29) is 0 Å². The van der Waals surface area contributed by atoms with Gasteiger partial charge >= 0.3 is 0 Å². The van der Waals surface area contributed by atoms with E-state index in [1.54, 1.807) is 17.7 Å². The van der Waals surface area contributed by atoms with Crippen molar-refractivity contribution in [2.45, 2.75) is 6.92 Å². The number of rotatable bonds is 4. The molecule has 2 heterocycles. The van der Waals surface area contributed by atoms with Gasteiger partial charge in [0.05, 0.1) is 5.39 Å². The SMILES string of the molecule is Cc1cc2c(Nc3ccc(Nc4ccccc4)cc3)ncnc2s1. The number of nitrogens with one attached hydrogen (secondary N) is 2. The average molecular weight is 332 g/mol.